The van der Waals surface area contributed by atoms with Gasteiger partial charge >= 0.3 is 7.60 Å². The highest BCUT2D eigenvalue weighted by molar-refractivity contribution is 7.54. The van der Waals surface area contributed by atoms with E-state index in [-0.39, 0.29) is 24.5 Å². The molecule has 6 nitrogen and oxygen atoms in total. The van der Waals surface area contributed by atoms with Gasteiger partial charge in [0, 0.05) is 17.7 Å². The minimum absolute atomic E-state index is 0.0205. The van der Waals surface area contributed by atoms with Gasteiger partial charge in [-0.1, -0.05) is 12.1 Å². The Hall–Kier alpha value is -1.30. The molecule has 0 aliphatic rings. The standard InChI is InChI=1S/C11H15FNO5P/c1-3-17-19(16,18-4-2)11(12)9-6-5-7-10(8-9)13(14)15/h5-8,11H,3-4H2,1-2H3. The number of alkyl halides is 1. The molecule has 1 rings (SSSR count). The van der Waals surface area contributed by atoms with Crippen molar-refractivity contribution in [1.82, 2.24) is 0 Å². The predicted molar refractivity (Wildman–Crippen MR) is 67.8 cm³/mol. The Balaban J connectivity index is 3.09. The molecule has 0 heterocycles. The van der Waals surface area contributed by atoms with Gasteiger partial charge in [-0.15, -0.1) is 0 Å². The average molecular weight is 291 g/mol. The fraction of sp³-hybridized carbons (Fsp3) is 0.455. The number of nitro benzene ring substituents is 1. The van der Waals surface area contributed by atoms with Gasteiger partial charge in [0.2, 0.25) is 5.91 Å². The summed E-state index contributed by atoms with van der Waals surface area (Å²) in [6.45, 7) is 3.16. The lowest BCUT2D eigenvalue weighted by molar-refractivity contribution is -0.384. The Labute approximate surface area is 110 Å². The van der Waals surface area contributed by atoms with E-state index >= 15 is 0 Å². The van der Waals surface area contributed by atoms with Gasteiger partial charge < -0.3 is 9.05 Å². The summed E-state index contributed by atoms with van der Waals surface area (Å²) < 4.78 is 36.2. The van der Waals surface area contributed by atoms with Crippen molar-refractivity contribution in [2.45, 2.75) is 19.8 Å². The second kappa shape index (κ2) is 6.75. The largest absolute Gasteiger partial charge is 0.369 e. The monoisotopic (exact) mass is 291 g/mol. The first-order valence-electron chi connectivity index (χ1n) is 5.71. The number of non-ortho nitro benzene ring substituents is 1. The highest BCUT2D eigenvalue weighted by atomic mass is 31.2. The van der Waals surface area contributed by atoms with Crippen LogP contribution in [0.15, 0.2) is 24.3 Å². The van der Waals surface area contributed by atoms with Gasteiger partial charge in [0.1, 0.15) is 0 Å². The first-order valence-corrected chi connectivity index (χ1v) is 7.33. The van der Waals surface area contributed by atoms with Gasteiger partial charge in [-0.25, -0.2) is 4.39 Å². The fourth-order valence-electron chi connectivity index (χ4n) is 1.50. The fourth-order valence-corrected chi connectivity index (χ4v) is 3.08. The van der Waals surface area contributed by atoms with Crippen LogP contribution in [-0.2, 0) is 13.6 Å². The molecule has 0 radical (unpaired) electrons. The molecule has 1 aromatic carbocycles. The molecule has 0 fully saturated rings. The minimum Gasteiger partial charge on any atom is -0.307 e. The van der Waals surface area contributed by atoms with Crippen LogP contribution >= 0.6 is 7.60 Å². The molecule has 1 aromatic rings. The van der Waals surface area contributed by atoms with E-state index in [4.69, 9.17) is 9.05 Å². The number of rotatable bonds is 7. The third-order valence-corrected chi connectivity index (χ3v) is 4.34. The van der Waals surface area contributed by atoms with Crippen molar-refractivity contribution in [1.29, 1.82) is 0 Å². The number of hydrogen-bond donors (Lipinski definition) is 0. The van der Waals surface area contributed by atoms with Crippen LogP contribution in [0.3, 0.4) is 0 Å². The summed E-state index contributed by atoms with van der Waals surface area (Å²) in [7, 11) is -3.97. The quantitative estimate of drug-likeness (QED) is 0.433. The molecule has 8 heteroatoms. The summed E-state index contributed by atoms with van der Waals surface area (Å²) in [4.78, 5) is 9.98. The average Bonchev–Trinajstić information content (AvgIpc) is 2.38. The van der Waals surface area contributed by atoms with Gasteiger partial charge in [-0.3, -0.25) is 14.7 Å². The maximum absolute atomic E-state index is 14.3. The van der Waals surface area contributed by atoms with Crippen LogP contribution in [0.4, 0.5) is 10.1 Å². The predicted octanol–water partition coefficient (Wildman–Crippen LogP) is 3.83. The van der Waals surface area contributed by atoms with E-state index in [9.17, 15) is 19.1 Å². The molecule has 0 aliphatic carbocycles. The van der Waals surface area contributed by atoms with E-state index < -0.39 is 18.4 Å². The van der Waals surface area contributed by atoms with Crippen molar-refractivity contribution in [2.75, 3.05) is 13.2 Å². The van der Waals surface area contributed by atoms with Crippen molar-refractivity contribution < 1.29 is 22.9 Å². The van der Waals surface area contributed by atoms with E-state index in [2.05, 4.69) is 0 Å². The van der Waals surface area contributed by atoms with Crippen LogP contribution in [0.25, 0.3) is 0 Å². The normalized spacial score (nSPS) is 13.2. The molecule has 0 aromatic heterocycles. The second-order valence-electron chi connectivity index (χ2n) is 3.56. The molecular weight excluding hydrogens is 276 g/mol. The van der Waals surface area contributed by atoms with Crippen molar-refractivity contribution in [3.63, 3.8) is 0 Å². The number of nitro groups is 1. The van der Waals surface area contributed by atoms with Crippen LogP contribution in [0.1, 0.15) is 25.3 Å². The third-order valence-electron chi connectivity index (χ3n) is 2.25. The molecule has 0 saturated heterocycles. The smallest absolute Gasteiger partial charge is 0.307 e. The number of hydrogen-bond acceptors (Lipinski definition) is 5. The van der Waals surface area contributed by atoms with Crippen LogP contribution in [0, 0.1) is 10.1 Å². The molecule has 0 aliphatic heterocycles. The summed E-state index contributed by atoms with van der Waals surface area (Å²) in [5, 5.41) is 10.6. The van der Waals surface area contributed by atoms with E-state index in [1.54, 1.807) is 13.8 Å². The van der Waals surface area contributed by atoms with Crippen molar-refractivity contribution in [3.05, 3.63) is 39.9 Å². The zero-order valence-electron chi connectivity index (χ0n) is 10.6. The Morgan fingerprint density at radius 2 is 1.95 bits per heavy atom. The number of halogens is 1. The van der Waals surface area contributed by atoms with E-state index in [0.29, 0.717) is 0 Å². The Bertz CT molecular complexity index is 486. The zero-order valence-corrected chi connectivity index (χ0v) is 11.5. The summed E-state index contributed by atoms with van der Waals surface area (Å²) in [6.07, 6.45) is 0. The van der Waals surface area contributed by atoms with Crippen LogP contribution in [0.2, 0.25) is 0 Å². The molecule has 106 valence electrons. The van der Waals surface area contributed by atoms with E-state index in [1.807, 2.05) is 0 Å². The zero-order chi connectivity index (χ0) is 14.5. The van der Waals surface area contributed by atoms with Gasteiger partial charge in [-0.2, -0.15) is 0 Å². The number of nitrogens with zero attached hydrogens (tertiary/aromatic N) is 1. The maximum Gasteiger partial charge on any atom is 0.369 e. The summed E-state index contributed by atoms with van der Waals surface area (Å²) in [5.74, 6) is -2.05. The summed E-state index contributed by atoms with van der Waals surface area (Å²) >= 11 is 0. The molecule has 0 bridgehead atoms. The first kappa shape index (κ1) is 15.8. The molecule has 0 spiro atoms. The Kier molecular flexibility index (Phi) is 5.60. The molecule has 1 unspecified atom stereocenters. The lowest BCUT2D eigenvalue weighted by Gasteiger charge is -2.20. The Morgan fingerprint density at radius 3 is 2.42 bits per heavy atom. The highest BCUT2D eigenvalue weighted by Gasteiger charge is 2.37. The lowest BCUT2D eigenvalue weighted by Crippen LogP contribution is -2.03. The van der Waals surface area contributed by atoms with E-state index in [1.165, 1.54) is 18.2 Å². The van der Waals surface area contributed by atoms with Gasteiger partial charge in [0.15, 0.2) is 0 Å². The third kappa shape index (κ3) is 3.83. The summed E-state index contributed by atoms with van der Waals surface area (Å²) in [5.41, 5.74) is -0.376. The van der Waals surface area contributed by atoms with E-state index in [0.717, 1.165) is 6.07 Å². The van der Waals surface area contributed by atoms with Crippen molar-refractivity contribution in [3.8, 4) is 0 Å². The minimum atomic E-state index is -3.97. The van der Waals surface area contributed by atoms with Crippen LogP contribution in [-0.4, -0.2) is 18.1 Å². The lowest BCUT2D eigenvalue weighted by atomic mass is 10.2. The van der Waals surface area contributed by atoms with Gasteiger partial charge in [0.05, 0.1) is 18.1 Å². The molecule has 1 atom stereocenters. The molecule has 19 heavy (non-hydrogen) atoms. The number of benzene rings is 1. The molecule has 0 saturated carbocycles. The van der Waals surface area contributed by atoms with Gasteiger partial charge in [-0.05, 0) is 13.8 Å². The highest BCUT2D eigenvalue weighted by Crippen LogP contribution is 2.61. The second-order valence-corrected chi connectivity index (χ2v) is 5.61. The van der Waals surface area contributed by atoms with Crippen LogP contribution in [0.5, 0.6) is 0 Å². The molecular formula is C11H15FNO5P. The van der Waals surface area contributed by atoms with Crippen LogP contribution < -0.4 is 0 Å². The SMILES string of the molecule is CCOP(=O)(OCC)C(F)c1cccc([N+](=O)[O-])c1. The van der Waals surface area contributed by atoms with Gasteiger partial charge in [0.25, 0.3) is 5.69 Å². The molecule has 0 N–H and O–H groups in total. The molecule has 0 amide bonds. The maximum atomic E-state index is 14.3. The Morgan fingerprint density at radius 1 is 1.37 bits per heavy atom. The van der Waals surface area contributed by atoms with Crippen molar-refractivity contribution in [2.24, 2.45) is 0 Å². The summed E-state index contributed by atoms with van der Waals surface area (Å²) in [6, 6.07) is 4.88. The first-order chi connectivity index (χ1) is 8.94. The van der Waals surface area contributed by atoms with Crippen molar-refractivity contribution >= 4 is 13.3 Å². The topological polar surface area (TPSA) is 78.7 Å².